The van der Waals surface area contributed by atoms with Crippen molar-refractivity contribution in [1.29, 1.82) is 0 Å². The molecule has 1 saturated carbocycles. The van der Waals surface area contributed by atoms with Gasteiger partial charge in [0.1, 0.15) is 0 Å². The standard InChI is InChI=1S/C19H31N/c1-4-5-13-19(17-11-7-6-8-12-17)20-18-14-9-10-15(2)16(18)3/h6-8,11-12,15-16,18-20H,4-5,9-10,13-14H2,1-3H3. The van der Waals surface area contributed by atoms with Crippen molar-refractivity contribution in [3.8, 4) is 0 Å². The van der Waals surface area contributed by atoms with Gasteiger partial charge in [-0.3, -0.25) is 0 Å². The molecule has 1 heteroatoms. The van der Waals surface area contributed by atoms with Crippen LogP contribution in [0.1, 0.15) is 70.9 Å². The molecule has 0 spiro atoms. The van der Waals surface area contributed by atoms with Crippen molar-refractivity contribution in [3.05, 3.63) is 35.9 Å². The Bertz CT molecular complexity index is 373. The molecule has 1 aliphatic carbocycles. The van der Waals surface area contributed by atoms with Crippen molar-refractivity contribution in [2.24, 2.45) is 11.8 Å². The van der Waals surface area contributed by atoms with Gasteiger partial charge in [-0.1, -0.05) is 76.8 Å². The third-order valence-corrected chi connectivity index (χ3v) is 5.17. The zero-order valence-electron chi connectivity index (χ0n) is 13.4. The van der Waals surface area contributed by atoms with E-state index in [0.717, 1.165) is 11.8 Å². The lowest BCUT2D eigenvalue weighted by Gasteiger charge is -2.37. The second kappa shape index (κ2) is 7.83. The van der Waals surface area contributed by atoms with Gasteiger partial charge in [0, 0.05) is 12.1 Å². The highest BCUT2D eigenvalue weighted by atomic mass is 15.0. The normalized spacial score (nSPS) is 28.2. The van der Waals surface area contributed by atoms with Crippen LogP contribution in [0.3, 0.4) is 0 Å². The van der Waals surface area contributed by atoms with Gasteiger partial charge in [-0.05, 0) is 30.2 Å². The second-order valence-corrected chi connectivity index (χ2v) is 6.65. The molecule has 0 bridgehead atoms. The summed E-state index contributed by atoms with van der Waals surface area (Å²) in [6.07, 6.45) is 7.99. The van der Waals surface area contributed by atoms with Gasteiger partial charge in [0.2, 0.25) is 0 Å². The fraction of sp³-hybridized carbons (Fsp3) is 0.684. The fourth-order valence-corrected chi connectivity index (χ4v) is 3.52. The minimum absolute atomic E-state index is 0.536. The van der Waals surface area contributed by atoms with E-state index < -0.39 is 0 Å². The van der Waals surface area contributed by atoms with Gasteiger partial charge in [0.15, 0.2) is 0 Å². The Balaban J connectivity index is 2.03. The van der Waals surface area contributed by atoms with Crippen molar-refractivity contribution >= 4 is 0 Å². The van der Waals surface area contributed by atoms with Gasteiger partial charge >= 0.3 is 0 Å². The summed E-state index contributed by atoms with van der Waals surface area (Å²) in [4.78, 5) is 0. The van der Waals surface area contributed by atoms with E-state index in [0.29, 0.717) is 12.1 Å². The predicted molar refractivity (Wildman–Crippen MR) is 87.8 cm³/mol. The third kappa shape index (κ3) is 4.09. The molecule has 4 atom stereocenters. The van der Waals surface area contributed by atoms with E-state index in [1.807, 2.05) is 0 Å². The Morgan fingerprint density at radius 3 is 2.60 bits per heavy atom. The number of rotatable bonds is 6. The molecule has 4 unspecified atom stereocenters. The largest absolute Gasteiger partial charge is 0.307 e. The van der Waals surface area contributed by atoms with Gasteiger partial charge in [-0.25, -0.2) is 0 Å². The van der Waals surface area contributed by atoms with Crippen molar-refractivity contribution in [2.45, 2.75) is 71.4 Å². The summed E-state index contributed by atoms with van der Waals surface area (Å²) in [5, 5.41) is 3.99. The van der Waals surface area contributed by atoms with Crippen LogP contribution < -0.4 is 5.32 Å². The quantitative estimate of drug-likeness (QED) is 0.738. The molecule has 1 aliphatic rings. The van der Waals surface area contributed by atoms with E-state index in [9.17, 15) is 0 Å². The van der Waals surface area contributed by atoms with Crippen molar-refractivity contribution < 1.29 is 0 Å². The Kier molecular flexibility index (Phi) is 6.09. The van der Waals surface area contributed by atoms with E-state index >= 15 is 0 Å². The Morgan fingerprint density at radius 2 is 1.90 bits per heavy atom. The number of benzene rings is 1. The first-order valence-electron chi connectivity index (χ1n) is 8.53. The average molecular weight is 273 g/mol. The fourth-order valence-electron chi connectivity index (χ4n) is 3.52. The van der Waals surface area contributed by atoms with Crippen LogP contribution in [0.4, 0.5) is 0 Å². The highest BCUT2D eigenvalue weighted by Gasteiger charge is 2.28. The van der Waals surface area contributed by atoms with E-state index in [-0.39, 0.29) is 0 Å². The summed E-state index contributed by atoms with van der Waals surface area (Å²) in [5.74, 6) is 1.67. The molecule has 0 saturated heterocycles. The number of unbranched alkanes of at least 4 members (excludes halogenated alkanes) is 1. The zero-order valence-corrected chi connectivity index (χ0v) is 13.4. The smallest absolute Gasteiger partial charge is 0.0322 e. The van der Waals surface area contributed by atoms with Crippen molar-refractivity contribution in [1.82, 2.24) is 5.32 Å². The minimum atomic E-state index is 0.536. The topological polar surface area (TPSA) is 12.0 Å². The minimum Gasteiger partial charge on any atom is -0.307 e. The van der Waals surface area contributed by atoms with E-state index in [1.165, 1.54) is 44.1 Å². The Hall–Kier alpha value is -0.820. The summed E-state index contributed by atoms with van der Waals surface area (Å²) >= 11 is 0. The maximum absolute atomic E-state index is 3.99. The lowest BCUT2D eigenvalue weighted by atomic mass is 9.77. The molecule has 0 radical (unpaired) electrons. The van der Waals surface area contributed by atoms with Gasteiger partial charge in [-0.15, -0.1) is 0 Å². The van der Waals surface area contributed by atoms with Gasteiger partial charge in [-0.2, -0.15) is 0 Å². The van der Waals surface area contributed by atoms with Crippen molar-refractivity contribution in [3.63, 3.8) is 0 Å². The van der Waals surface area contributed by atoms with Gasteiger partial charge in [0.05, 0.1) is 0 Å². The number of nitrogens with one attached hydrogen (secondary N) is 1. The third-order valence-electron chi connectivity index (χ3n) is 5.17. The highest BCUT2D eigenvalue weighted by Crippen LogP contribution is 2.32. The molecular formula is C19H31N. The van der Waals surface area contributed by atoms with Gasteiger partial charge < -0.3 is 5.32 Å². The molecule has 0 aromatic heterocycles. The Labute approximate surface area is 125 Å². The SMILES string of the molecule is CCCCC(NC1CCCC(C)C1C)c1ccccc1. The van der Waals surface area contributed by atoms with Crippen LogP contribution in [0.2, 0.25) is 0 Å². The molecule has 2 rings (SSSR count). The van der Waals surface area contributed by atoms with E-state index in [2.05, 4.69) is 56.4 Å². The molecule has 1 aromatic rings. The monoisotopic (exact) mass is 273 g/mol. The molecule has 1 nitrogen and oxygen atoms in total. The average Bonchev–Trinajstić information content (AvgIpc) is 2.48. The Morgan fingerprint density at radius 1 is 1.15 bits per heavy atom. The first kappa shape index (κ1) is 15.6. The van der Waals surface area contributed by atoms with Crippen LogP contribution in [-0.2, 0) is 0 Å². The summed E-state index contributed by atoms with van der Waals surface area (Å²) in [7, 11) is 0. The summed E-state index contributed by atoms with van der Waals surface area (Å²) in [5.41, 5.74) is 1.46. The van der Waals surface area contributed by atoms with Crippen LogP contribution in [0.15, 0.2) is 30.3 Å². The summed E-state index contributed by atoms with van der Waals surface area (Å²) < 4.78 is 0. The molecule has 20 heavy (non-hydrogen) atoms. The van der Waals surface area contributed by atoms with Crippen LogP contribution in [0.5, 0.6) is 0 Å². The van der Waals surface area contributed by atoms with Crippen LogP contribution in [0.25, 0.3) is 0 Å². The van der Waals surface area contributed by atoms with Crippen molar-refractivity contribution in [2.75, 3.05) is 0 Å². The maximum Gasteiger partial charge on any atom is 0.0322 e. The molecule has 0 heterocycles. The summed E-state index contributed by atoms with van der Waals surface area (Å²) in [6, 6.07) is 12.3. The first-order valence-corrected chi connectivity index (χ1v) is 8.53. The molecule has 1 fully saturated rings. The van der Waals surface area contributed by atoms with E-state index in [1.54, 1.807) is 0 Å². The van der Waals surface area contributed by atoms with Crippen LogP contribution >= 0.6 is 0 Å². The number of hydrogen-bond donors (Lipinski definition) is 1. The van der Waals surface area contributed by atoms with Crippen LogP contribution in [-0.4, -0.2) is 6.04 Å². The summed E-state index contributed by atoms with van der Waals surface area (Å²) in [6.45, 7) is 7.14. The number of hydrogen-bond acceptors (Lipinski definition) is 1. The highest BCUT2D eigenvalue weighted by molar-refractivity contribution is 5.19. The molecule has 0 amide bonds. The van der Waals surface area contributed by atoms with E-state index in [4.69, 9.17) is 0 Å². The molecule has 1 aromatic carbocycles. The molecular weight excluding hydrogens is 242 g/mol. The molecule has 112 valence electrons. The second-order valence-electron chi connectivity index (χ2n) is 6.65. The lowest BCUT2D eigenvalue weighted by molar-refractivity contribution is 0.190. The van der Waals surface area contributed by atoms with Gasteiger partial charge in [0.25, 0.3) is 0 Å². The predicted octanol–water partition coefficient (Wildman–Crippen LogP) is 5.33. The maximum atomic E-state index is 3.99. The lowest BCUT2D eigenvalue weighted by Crippen LogP contribution is -2.42. The zero-order chi connectivity index (χ0) is 14.4. The molecule has 1 N–H and O–H groups in total. The van der Waals surface area contributed by atoms with Crippen LogP contribution in [0, 0.1) is 11.8 Å². The first-order chi connectivity index (χ1) is 9.72. The molecule has 0 aliphatic heterocycles.